The van der Waals surface area contributed by atoms with E-state index in [0.29, 0.717) is 24.3 Å². The Bertz CT molecular complexity index is 364. The van der Waals surface area contributed by atoms with Gasteiger partial charge in [0.2, 0.25) is 0 Å². The molecule has 1 unspecified atom stereocenters. The fraction of sp³-hybridized carbons (Fsp3) is 0.538. The van der Waals surface area contributed by atoms with Crippen molar-refractivity contribution in [3.8, 4) is 5.75 Å². The molecule has 17 heavy (non-hydrogen) atoms. The predicted molar refractivity (Wildman–Crippen MR) is 68.4 cm³/mol. The summed E-state index contributed by atoms with van der Waals surface area (Å²) in [5.41, 5.74) is 6.55. The molecule has 0 aromatic heterocycles. The first-order chi connectivity index (χ1) is 8.29. The molecule has 1 fully saturated rings. The average Bonchev–Trinajstić information content (AvgIpc) is 2.84. The van der Waals surface area contributed by atoms with Crippen LogP contribution in [0.1, 0.15) is 24.8 Å². The fourth-order valence-electron chi connectivity index (χ4n) is 1.96. The summed E-state index contributed by atoms with van der Waals surface area (Å²) in [6, 6.07) is 5.66. The van der Waals surface area contributed by atoms with E-state index in [2.05, 4.69) is 0 Å². The van der Waals surface area contributed by atoms with E-state index in [1.807, 2.05) is 18.2 Å². The first-order valence-corrected chi connectivity index (χ1v) is 6.40. The molecule has 0 radical (unpaired) electrons. The quantitative estimate of drug-likeness (QED) is 0.880. The molecule has 0 spiro atoms. The number of hydrogen-bond acceptors (Lipinski definition) is 3. The molecule has 0 amide bonds. The highest BCUT2D eigenvalue weighted by Gasteiger charge is 2.15. The maximum absolute atomic E-state index is 6.09. The van der Waals surface area contributed by atoms with Crippen molar-refractivity contribution in [2.45, 2.75) is 31.9 Å². The van der Waals surface area contributed by atoms with Crippen LogP contribution in [-0.2, 0) is 11.3 Å². The number of halogens is 1. The molecule has 0 saturated carbocycles. The number of rotatable bonds is 5. The zero-order valence-electron chi connectivity index (χ0n) is 9.82. The summed E-state index contributed by atoms with van der Waals surface area (Å²) in [7, 11) is 0. The van der Waals surface area contributed by atoms with Crippen molar-refractivity contribution in [2.24, 2.45) is 5.73 Å². The molecule has 1 aromatic rings. The van der Waals surface area contributed by atoms with Gasteiger partial charge in [0, 0.05) is 19.6 Å². The third-order valence-electron chi connectivity index (χ3n) is 2.95. The van der Waals surface area contributed by atoms with Crippen molar-refractivity contribution in [3.63, 3.8) is 0 Å². The van der Waals surface area contributed by atoms with E-state index in [1.54, 1.807) is 0 Å². The van der Waals surface area contributed by atoms with Gasteiger partial charge in [-0.25, -0.2) is 0 Å². The molecule has 3 nitrogen and oxygen atoms in total. The zero-order valence-corrected chi connectivity index (χ0v) is 10.6. The van der Waals surface area contributed by atoms with Gasteiger partial charge in [0.25, 0.3) is 0 Å². The van der Waals surface area contributed by atoms with Gasteiger partial charge in [-0.2, -0.15) is 0 Å². The van der Waals surface area contributed by atoms with E-state index in [0.717, 1.165) is 37.2 Å². The second-order valence-electron chi connectivity index (χ2n) is 4.24. The monoisotopic (exact) mass is 255 g/mol. The lowest BCUT2D eigenvalue weighted by Crippen LogP contribution is -2.10. The largest absolute Gasteiger partial charge is 0.492 e. The summed E-state index contributed by atoms with van der Waals surface area (Å²) < 4.78 is 11.2. The number of hydrogen-bond donors (Lipinski definition) is 1. The lowest BCUT2D eigenvalue weighted by atomic mass is 10.2. The fourth-order valence-corrected chi connectivity index (χ4v) is 2.22. The molecule has 94 valence electrons. The standard InChI is InChI=1S/C13H18ClNO2/c14-12-8-10(9-15)3-4-13(12)17-7-5-11-2-1-6-16-11/h3-4,8,11H,1-2,5-7,9,15H2. The Morgan fingerprint density at radius 3 is 3.00 bits per heavy atom. The summed E-state index contributed by atoms with van der Waals surface area (Å²) in [5.74, 6) is 0.724. The Balaban J connectivity index is 1.81. The molecule has 0 bridgehead atoms. The Hall–Kier alpha value is -0.770. The van der Waals surface area contributed by atoms with Crippen LogP contribution in [0.3, 0.4) is 0 Å². The normalized spacial score (nSPS) is 19.5. The summed E-state index contributed by atoms with van der Waals surface area (Å²) in [4.78, 5) is 0. The van der Waals surface area contributed by atoms with Gasteiger partial charge >= 0.3 is 0 Å². The van der Waals surface area contributed by atoms with Crippen LogP contribution in [0.25, 0.3) is 0 Å². The summed E-state index contributed by atoms with van der Waals surface area (Å²) in [6.45, 7) is 2.03. The molecule has 1 aliphatic heterocycles. The van der Waals surface area contributed by atoms with Crippen LogP contribution in [0.2, 0.25) is 5.02 Å². The minimum Gasteiger partial charge on any atom is -0.492 e. The van der Waals surface area contributed by atoms with Crippen molar-refractivity contribution < 1.29 is 9.47 Å². The second kappa shape index (κ2) is 6.24. The van der Waals surface area contributed by atoms with Crippen molar-refractivity contribution in [1.29, 1.82) is 0 Å². The van der Waals surface area contributed by atoms with Crippen molar-refractivity contribution in [3.05, 3.63) is 28.8 Å². The highest BCUT2D eigenvalue weighted by molar-refractivity contribution is 6.32. The minimum atomic E-state index is 0.358. The van der Waals surface area contributed by atoms with Crippen molar-refractivity contribution in [2.75, 3.05) is 13.2 Å². The van der Waals surface area contributed by atoms with Gasteiger partial charge in [-0.15, -0.1) is 0 Å². The Kier molecular flexibility index (Phi) is 4.66. The first kappa shape index (κ1) is 12.7. The van der Waals surface area contributed by atoms with Gasteiger partial charge in [0.05, 0.1) is 17.7 Å². The third kappa shape index (κ3) is 3.60. The van der Waals surface area contributed by atoms with Crippen LogP contribution in [0, 0.1) is 0 Å². The Morgan fingerprint density at radius 2 is 2.35 bits per heavy atom. The van der Waals surface area contributed by atoms with E-state index in [9.17, 15) is 0 Å². The highest BCUT2D eigenvalue weighted by Crippen LogP contribution is 2.26. The van der Waals surface area contributed by atoms with E-state index in [4.69, 9.17) is 26.8 Å². The van der Waals surface area contributed by atoms with Gasteiger partial charge in [-0.05, 0) is 30.5 Å². The van der Waals surface area contributed by atoms with Crippen LogP contribution in [0.4, 0.5) is 0 Å². The van der Waals surface area contributed by atoms with Gasteiger partial charge in [0.1, 0.15) is 5.75 Å². The molecule has 2 N–H and O–H groups in total. The van der Waals surface area contributed by atoms with E-state index in [-0.39, 0.29) is 0 Å². The maximum Gasteiger partial charge on any atom is 0.137 e. The van der Waals surface area contributed by atoms with Crippen molar-refractivity contribution >= 4 is 11.6 Å². The molecule has 1 saturated heterocycles. The molecule has 1 atom stereocenters. The molecule has 2 rings (SSSR count). The molecular formula is C13H18ClNO2. The van der Waals surface area contributed by atoms with Crippen LogP contribution < -0.4 is 10.5 Å². The molecule has 0 aliphatic carbocycles. The molecule has 4 heteroatoms. The molecular weight excluding hydrogens is 238 g/mol. The zero-order chi connectivity index (χ0) is 12.1. The van der Waals surface area contributed by atoms with Crippen molar-refractivity contribution in [1.82, 2.24) is 0 Å². The van der Waals surface area contributed by atoms with Gasteiger partial charge < -0.3 is 15.2 Å². The van der Waals surface area contributed by atoms with Crippen LogP contribution in [0.15, 0.2) is 18.2 Å². The Morgan fingerprint density at radius 1 is 1.47 bits per heavy atom. The minimum absolute atomic E-state index is 0.358. The molecule has 1 heterocycles. The van der Waals surface area contributed by atoms with Crippen LogP contribution in [-0.4, -0.2) is 19.3 Å². The first-order valence-electron chi connectivity index (χ1n) is 6.02. The average molecular weight is 256 g/mol. The number of benzene rings is 1. The third-order valence-corrected chi connectivity index (χ3v) is 3.25. The summed E-state index contributed by atoms with van der Waals surface area (Å²) in [5, 5.41) is 0.625. The van der Waals surface area contributed by atoms with Gasteiger partial charge in [0.15, 0.2) is 0 Å². The molecule has 1 aliphatic rings. The van der Waals surface area contributed by atoms with Crippen LogP contribution >= 0.6 is 11.6 Å². The lowest BCUT2D eigenvalue weighted by Gasteiger charge is -2.12. The summed E-state index contributed by atoms with van der Waals surface area (Å²) in [6.07, 6.45) is 3.59. The van der Waals surface area contributed by atoms with Gasteiger partial charge in [-0.3, -0.25) is 0 Å². The lowest BCUT2D eigenvalue weighted by molar-refractivity contribution is 0.0904. The van der Waals surface area contributed by atoms with Gasteiger partial charge in [-0.1, -0.05) is 17.7 Å². The topological polar surface area (TPSA) is 44.5 Å². The highest BCUT2D eigenvalue weighted by atomic mass is 35.5. The predicted octanol–water partition coefficient (Wildman–Crippen LogP) is 2.75. The molecule has 1 aromatic carbocycles. The SMILES string of the molecule is NCc1ccc(OCCC2CCCO2)c(Cl)c1. The second-order valence-corrected chi connectivity index (χ2v) is 4.65. The smallest absolute Gasteiger partial charge is 0.137 e. The number of nitrogens with two attached hydrogens (primary N) is 1. The van der Waals surface area contributed by atoms with E-state index < -0.39 is 0 Å². The maximum atomic E-state index is 6.09. The van der Waals surface area contributed by atoms with E-state index >= 15 is 0 Å². The number of ether oxygens (including phenoxy) is 2. The van der Waals surface area contributed by atoms with Crippen LogP contribution in [0.5, 0.6) is 5.75 Å². The van der Waals surface area contributed by atoms with E-state index in [1.165, 1.54) is 0 Å². The Labute approximate surface area is 107 Å². The summed E-state index contributed by atoms with van der Waals surface area (Å²) >= 11 is 6.09.